The van der Waals surface area contributed by atoms with Gasteiger partial charge in [0.05, 0.1) is 0 Å². The molecule has 2 N–H and O–H groups in total. The third-order valence-corrected chi connectivity index (χ3v) is 5.75. The maximum absolute atomic E-state index is 11.5. The van der Waals surface area contributed by atoms with Gasteiger partial charge in [-0.05, 0) is 71.3 Å². The van der Waals surface area contributed by atoms with E-state index < -0.39 is 24.0 Å². The summed E-state index contributed by atoms with van der Waals surface area (Å²) >= 11 is 0. The molecule has 172 valence electrons. The van der Waals surface area contributed by atoms with Crippen LogP contribution >= 0.6 is 0 Å². The monoisotopic (exact) mass is 432 g/mol. The summed E-state index contributed by atoms with van der Waals surface area (Å²) < 4.78 is 9.75. The lowest BCUT2D eigenvalue weighted by atomic mass is 9.94. The van der Waals surface area contributed by atoms with Crippen molar-refractivity contribution in [1.82, 2.24) is 0 Å². The average molecular weight is 433 g/mol. The number of carbonyl (C=O) groups excluding carboxylic acids is 2. The smallest absolute Gasteiger partial charge is 0.336 e. The van der Waals surface area contributed by atoms with Crippen LogP contribution in [-0.4, -0.2) is 34.2 Å². The number of esters is 2. The van der Waals surface area contributed by atoms with E-state index in [0.717, 1.165) is 38.5 Å². The van der Waals surface area contributed by atoms with Gasteiger partial charge in [0.15, 0.2) is 0 Å². The van der Waals surface area contributed by atoms with Gasteiger partial charge in [-0.1, -0.05) is 36.6 Å². The molecule has 3 unspecified atom stereocenters. The summed E-state index contributed by atoms with van der Waals surface area (Å²) in [5.41, 5.74) is 3.76. The minimum atomic E-state index is -1.44. The summed E-state index contributed by atoms with van der Waals surface area (Å²) in [6.45, 7) is 7.98. The number of cyclic esters (lactones) is 2. The molecule has 0 saturated carbocycles. The molecular weight excluding hydrogens is 396 g/mol. The van der Waals surface area contributed by atoms with Gasteiger partial charge in [0.25, 0.3) is 0 Å². The minimum absolute atomic E-state index is 0.257. The fraction of sp³-hybridized carbons (Fsp3) is 0.600. The van der Waals surface area contributed by atoms with Crippen molar-refractivity contribution in [2.24, 2.45) is 5.92 Å². The van der Waals surface area contributed by atoms with Crippen LogP contribution in [0.25, 0.3) is 0 Å². The van der Waals surface area contributed by atoms with Gasteiger partial charge in [0.1, 0.15) is 0 Å². The summed E-state index contributed by atoms with van der Waals surface area (Å²) in [6, 6.07) is 0. The zero-order chi connectivity index (χ0) is 23.0. The molecule has 6 heteroatoms. The molecule has 0 aromatic carbocycles. The van der Waals surface area contributed by atoms with Crippen molar-refractivity contribution >= 4 is 11.9 Å². The number of hydrogen-bond acceptors (Lipinski definition) is 6. The first-order chi connectivity index (χ1) is 14.6. The lowest BCUT2D eigenvalue weighted by molar-refractivity contribution is -0.183. The molecule has 0 bridgehead atoms. The van der Waals surface area contributed by atoms with Crippen LogP contribution in [0.1, 0.15) is 79.1 Å². The third kappa shape index (κ3) is 8.46. The van der Waals surface area contributed by atoms with Gasteiger partial charge in [0, 0.05) is 23.6 Å². The van der Waals surface area contributed by atoms with E-state index in [-0.39, 0.29) is 5.92 Å². The predicted molar refractivity (Wildman–Crippen MR) is 119 cm³/mol. The van der Waals surface area contributed by atoms with Crippen molar-refractivity contribution in [2.45, 2.75) is 91.1 Å². The second-order valence-electron chi connectivity index (χ2n) is 8.95. The summed E-state index contributed by atoms with van der Waals surface area (Å²) in [5, 5.41) is 19.9. The first-order valence-corrected chi connectivity index (χ1v) is 11.1. The van der Waals surface area contributed by atoms with Crippen LogP contribution in [0.5, 0.6) is 0 Å². The fourth-order valence-corrected chi connectivity index (χ4v) is 3.97. The number of ether oxygens (including phenoxy) is 2. The van der Waals surface area contributed by atoms with E-state index in [1.807, 2.05) is 0 Å². The Labute approximate surface area is 185 Å². The van der Waals surface area contributed by atoms with E-state index in [0.29, 0.717) is 24.0 Å². The second kappa shape index (κ2) is 11.4. The standard InChI is InChI=1S/C25H36O6/c1-17(10-6-12-19(3)15-25(29)16-20(4)23(27)31-25)8-5-9-18(2)11-7-13-21-14-22(26)30-24(21)28/h8,11,14,16,19,24,28-29H,5-7,9-10,12-13,15H2,1-4H3. The number of aliphatic hydroxyl groups is 2. The van der Waals surface area contributed by atoms with E-state index >= 15 is 0 Å². The SMILES string of the molecule is CC(=CCCC1=CC(=O)OC1O)CCC=C(C)CCCC(C)CC1(O)C=C(C)C(=O)O1. The number of hydrogen-bond donors (Lipinski definition) is 2. The highest BCUT2D eigenvalue weighted by molar-refractivity contribution is 5.90. The van der Waals surface area contributed by atoms with E-state index in [2.05, 4.69) is 37.7 Å². The Kier molecular flexibility index (Phi) is 9.26. The largest absolute Gasteiger partial charge is 0.429 e. The van der Waals surface area contributed by atoms with Gasteiger partial charge >= 0.3 is 11.9 Å². The van der Waals surface area contributed by atoms with E-state index in [1.165, 1.54) is 23.3 Å². The maximum atomic E-state index is 11.5. The first kappa shape index (κ1) is 25.1. The Balaban J connectivity index is 1.61. The van der Waals surface area contributed by atoms with Crippen LogP contribution in [-0.2, 0) is 19.1 Å². The zero-order valence-corrected chi connectivity index (χ0v) is 19.1. The lowest BCUT2D eigenvalue weighted by Crippen LogP contribution is -2.30. The summed E-state index contributed by atoms with van der Waals surface area (Å²) in [6.07, 6.45) is 13.0. The number of aliphatic hydroxyl groups excluding tert-OH is 1. The van der Waals surface area contributed by atoms with Crippen molar-refractivity contribution in [1.29, 1.82) is 0 Å². The molecule has 0 aliphatic carbocycles. The van der Waals surface area contributed by atoms with E-state index in [9.17, 15) is 19.8 Å². The zero-order valence-electron chi connectivity index (χ0n) is 19.1. The number of rotatable bonds is 12. The molecule has 0 amide bonds. The van der Waals surface area contributed by atoms with Gasteiger partial charge in [0.2, 0.25) is 12.1 Å². The number of allylic oxidation sites excluding steroid dienone is 4. The molecule has 0 aromatic rings. The summed E-state index contributed by atoms with van der Waals surface area (Å²) in [4.78, 5) is 22.6. The van der Waals surface area contributed by atoms with Crippen molar-refractivity contribution in [3.05, 3.63) is 46.6 Å². The topological polar surface area (TPSA) is 93.1 Å². The molecule has 0 aromatic heterocycles. The average Bonchev–Trinajstić information content (AvgIpc) is 3.11. The molecule has 3 atom stereocenters. The van der Waals surface area contributed by atoms with E-state index in [4.69, 9.17) is 4.74 Å². The molecule has 6 nitrogen and oxygen atoms in total. The van der Waals surface area contributed by atoms with Crippen LogP contribution in [0.4, 0.5) is 0 Å². The third-order valence-electron chi connectivity index (χ3n) is 5.75. The van der Waals surface area contributed by atoms with Crippen LogP contribution < -0.4 is 0 Å². The highest BCUT2D eigenvalue weighted by Gasteiger charge is 2.37. The molecular formula is C25H36O6. The highest BCUT2D eigenvalue weighted by atomic mass is 16.7. The molecule has 2 heterocycles. The maximum Gasteiger partial charge on any atom is 0.336 e. The van der Waals surface area contributed by atoms with Crippen molar-refractivity contribution in [3.63, 3.8) is 0 Å². The van der Waals surface area contributed by atoms with Crippen molar-refractivity contribution < 1.29 is 29.3 Å². The Bertz CT molecular complexity index is 788. The highest BCUT2D eigenvalue weighted by Crippen LogP contribution is 2.30. The quantitative estimate of drug-likeness (QED) is 0.345. The van der Waals surface area contributed by atoms with Crippen LogP contribution in [0, 0.1) is 5.92 Å². The van der Waals surface area contributed by atoms with Crippen LogP contribution in [0.2, 0.25) is 0 Å². The molecule has 2 rings (SSSR count). The van der Waals surface area contributed by atoms with Gasteiger partial charge < -0.3 is 19.7 Å². The van der Waals surface area contributed by atoms with Gasteiger partial charge in [-0.2, -0.15) is 0 Å². The molecule has 0 spiro atoms. The first-order valence-electron chi connectivity index (χ1n) is 11.1. The summed E-state index contributed by atoms with van der Waals surface area (Å²) in [7, 11) is 0. The lowest BCUT2D eigenvalue weighted by Gasteiger charge is -2.23. The van der Waals surface area contributed by atoms with Crippen molar-refractivity contribution in [3.8, 4) is 0 Å². The molecule has 2 aliphatic rings. The molecule has 2 aliphatic heterocycles. The summed E-state index contributed by atoms with van der Waals surface area (Å²) in [5.74, 6) is -2.09. The second-order valence-corrected chi connectivity index (χ2v) is 8.95. The Morgan fingerprint density at radius 2 is 1.87 bits per heavy atom. The predicted octanol–water partition coefficient (Wildman–Crippen LogP) is 4.63. The van der Waals surface area contributed by atoms with Crippen molar-refractivity contribution in [2.75, 3.05) is 0 Å². The molecule has 31 heavy (non-hydrogen) atoms. The van der Waals surface area contributed by atoms with E-state index in [1.54, 1.807) is 6.92 Å². The molecule has 0 radical (unpaired) electrons. The number of carbonyl (C=O) groups is 2. The Morgan fingerprint density at radius 1 is 1.19 bits per heavy atom. The molecule has 0 saturated heterocycles. The van der Waals surface area contributed by atoms with Crippen LogP contribution in [0.3, 0.4) is 0 Å². The Morgan fingerprint density at radius 3 is 2.48 bits per heavy atom. The normalized spacial score (nSPS) is 25.3. The van der Waals surface area contributed by atoms with Crippen LogP contribution in [0.15, 0.2) is 46.6 Å². The van der Waals surface area contributed by atoms with Gasteiger partial charge in [-0.15, -0.1) is 0 Å². The fourth-order valence-electron chi connectivity index (χ4n) is 3.97. The minimum Gasteiger partial charge on any atom is -0.429 e. The Hall–Kier alpha value is -2.18. The van der Waals surface area contributed by atoms with Gasteiger partial charge in [-0.25, -0.2) is 9.59 Å². The van der Waals surface area contributed by atoms with Gasteiger partial charge in [-0.3, -0.25) is 0 Å². The molecule has 0 fully saturated rings.